The quantitative estimate of drug-likeness (QED) is 0.317. The van der Waals surface area contributed by atoms with Crippen LogP contribution in [0.5, 0.6) is 0 Å². The molecule has 19 heavy (non-hydrogen) atoms. The van der Waals surface area contributed by atoms with E-state index in [1.54, 1.807) is 18.2 Å². The summed E-state index contributed by atoms with van der Waals surface area (Å²) in [5, 5.41) is 8.60. The molecule has 108 valence electrons. The van der Waals surface area contributed by atoms with Gasteiger partial charge in [0.25, 0.3) is 0 Å². The molecule has 0 amide bonds. The molecular weight excluding hydrogens is 408 g/mol. The summed E-state index contributed by atoms with van der Waals surface area (Å²) in [7, 11) is -6.09. The predicted molar refractivity (Wildman–Crippen MR) is 50.1 cm³/mol. The number of rotatable bonds is 2. The fraction of sp³-hybridized carbons (Fsp3) is 0.125. The molecule has 0 unspecified atom stereocenters. The summed E-state index contributed by atoms with van der Waals surface area (Å²) < 4.78 is 68.3. The van der Waals surface area contributed by atoms with Crippen LogP contribution in [0.2, 0.25) is 0 Å². The van der Waals surface area contributed by atoms with E-state index in [-0.39, 0.29) is 5.56 Å². The summed E-state index contributed by atoms with van der Waals surface area (Å²) in [4.78, 5) is 10.5. The minimum atomic E-state index is -6.09. The van der Waals surface area contributed by atoms with Crippen molar-refractivity contribution in [2.75, 3.05) is 0 Å². The van der Waals surface area contributed by atoms with Crippen molar-refractivity contribution in [3.05, 3.63) is 33.4 Å². The van der Waals surface area contributed by atoms with Gasteiger partial charge in [0.05, 0.1) is 0 Å². The summed E-state index contributed by atoms with van der Waals surface area (Å²) in [6, 6.07) is 6.49. The summed E-state index contributed by atoms with van der Waals surface area (Å²) in [5.41, 5.74) is -5.43. The van der Waals surface area contributed by atoms with Crippen molar-refractivity contribution in [3.63, 3.8) is 0 Å². The topological polar surface area (TPSA) is 115 Å². The van der Waals surface area contributed by atoms with E-state index in [2.05, 4.69) is 0 Å². The fourth-order valence-electron chi connectivity index (χ4n) is 0.708. The Hall–Kier alpha value is -0.920. The Balaban J connectivity index is 0.000000362. The first-order chi connectivity index (χ1) is 8.50. The van der Waals surface area contributed by atoms with E-state index < -0.39 is 43.2 Å². The van der Waals surface area contributed by atoms with Gasteiger partial charge in [0.2, 0.25) is 3.57 Å². The third kappa shape index (κ3) is 6.17. The lowest BCUT2D eigenvalue weighted by molar-refractivity contribution is -0.866. The van der Waals surface area contributed by atoms with E-state index in [1.807, 2.05) is 0 Å². The normalized spacial score (nSPS) is 11.4. The van der Waals surface area contributed by atoms with Gasteiger partial charge in [0.15, 0.2) is 10.1 Å². The second-order valence-corrected chi connectivity index (χ2v) is 5.79. The van der Waals surface area contributed by atoms with Gasteiger partial charge in [-0.25, -0.2) is 13.2 Å². The molecule has 0 fully saturated rings. The van der Waals surface area contributed by atoms with Gasteiger partial charge in [0.1, 0.15) is 5.56 Å². The monoisotopic (exact) mass is 414 g/mol. The highest BCUT2D eigenvalue weighted by Gasteiger charge is 2.36. The average molecular weight is 414 g/mol. The van der Waals surface area contributed by atoms with E-state index in [1.165, 1.54) is 6.07 Å². The molecule has 2 N–H and O–H groups in total. The lowest BCUT2D eigenvalue weighted by Gasteiger charge is -2.08. The zero-order valence-electron chi connectivity index (χ0n) is 8.76. The molecule has 0 aromatic heterocycles. The number of halogens is 4. The summed E-state index contributed by atoms with van der Waals surface area (Å²) in [6.45, 7) is 0. The Morgan fingerprint density at radius 2 is 1.68 bits per heavy atom. The van der Waals surface area contributed by atoms with Gasteiger partial charge in [-0.3, -0.25) is 0 Å². The fourth-order valence-corrected chi connectivity index (χ4v) is 1.75. The van der Waals surface area contributed by atoms with Crippen LogP contribution in [0, 0.1) is 3.57 Å². The smallest absolute Gasteiger partial charge is 0.520 e. The molecule has 0 aliphatic carbocycles. The molecule has 1 aromatic rings. The second kappa shape index (κ2) is 7.02. The third-order valence-corrected chi connectivity index (χ3v) is 3.51. The van der Waals surface area contributed by atoms with E-state index in [9.17, 15) is 18.0 Å². The highest BCUT2D eigenvalue weighted by Crippen LogP contribution is 2.20. The number of aromatic carboxylic acids is 1. The third-order valence-electron chi connectivity index (χ3n) is 1.48. The van der Waals surface area contributed by atoms with Crippen molar-refractivity contribution in [1.82, 2.24) is 0 Å². The largest absolute Gasteiger partial charge is 0.741 e. The van der Waals surface area contributed by atoms with Crippen LogP contribution in [-0.4, -0.2) is 33.0 Å². The lowest BCUT2D eigenvalue weighted by atomic mass is 10.2. The van der Waals surface area contributed by atoms with Crippen LogP contribution in [0.15, 0.2) is 24.3 Å². The van der Waals surface area contributed by atoms with Gasteiger partial charge >= 0.3 is 33.1 Å². The van der Waals surface area contributed by atoms with E-state index in [0.29, 0.717) is 3.57 Å². The van der Waals surface area contributed by atoms with Crippen molar-refractivity contribution in [3.8, 4) is 0 Å². The molecule has 0 aliphatic rings. The van der Waals surface area contributed by atoms with Crippen molar-refractivity contribution in [2.45, 2.75) is 5.51 Å². The first-order valence-electron chi connectivity index (χ1n) is 4.13. The van der Waals surface area contributed by atoms with Crippen LogP contribution in [0.1, 0.15) is 10.4 Å². The highest BCUT2D eigenvalue weighted by molar-refractivity contribution is 7.86. The molecule has 0 heterocycles. The zero-order chi connectivity index (χ0) is 15.3. The Bertz CT molecular complexity index is 542. The lowest BCUT2D eigenvalue weighted by Crippen LogP contribution is -3.61. The number of benzene rings is 1. The molecule has 1 aromatic carbocycles. The molecule has 0 saturated heterocycles. The van der Waals surface area contributed by atoms with Gasteiger partial charge in [0, 0.05) is 0 Å². The Kier molecular flexibility index (Phi) is 6.68. The summed E-state index contributed by atoms with van der Waals surface area (Å²) >= 11 is -1.13. The second-order valence-electron chi connectivity index (χ2n) is 2.77. The van der Waals surface area contributed by atoms with E-state index in [4.69, 9.17) is 21.5 Å². The van der Waals surface area contributed by atoms with Crippen LogP contribution in [0.3, 0.4) is 0 Å². The number of carbonyl (C=O) groups is 1. The van der Waals surface area contributed by atoms with E-state index >= 15 is 0 Å². The number of carboxylic acid groups (broad SMARTS) is 1. The first-order valence-corrected chi connectivity index (χ1v) is 7.59. The molecule has 0 radical (unpaired) electrons. The standard InChI is InChI=1S/C7H5IO3.CHF3O3S/c9-7(10)5-3-1-2-4-6(5)8-11;2-1(3,4)8(5,6)7/h1-4,11H;(H,5,6,7). The van der Waals surface area contributed by atoms with Crippen LogP contribution < -0.4 is 21.6 Å². The minimum Gasteiger partial charge on any atom is -0.741 e. The molecule has 0 bridgehead atoms. The van der Waals surface area contributed by atoms with Gasteiger partial charge in [-0.05, 0) is 12.1 Å². The number of carboxylic acids is 1. The van der Waals surface area contributed by atoms with Crippen LogP contribution >= 0.6 is 0 Å². The molecule has 0 saturated carbocycles. The van der Waals surface area contributed by atoms with E-state index in [0.717, 1.165) is 0 Å². The Labute approximate surface area is 116 Å². The van der Waals surface area contributed by atoms with Crippen molar-refractivity contribution >= 4 is 16.1 Å². The van der Waals surface area contributed by atoms with Crippen LogP contribution in [-0.2, 0) is 10.1 Å². The molecule has 0 atom stereocenters. The van der Waals surface area contributed by atoms with Gasteiger partial charge in [-0.1, -0.05) is 12.1 Å². The van der Waals surface area contributed by atoms with Crippen molar-refractivity contribution < 1.29 is 61.1 Å². The number of hydrogen-bond donors (Lipinski definition) is 2. The number of hydrogen-bond acceptors (Lipinski definition) is 5. The van der Waals surface area contributed by atoms with Crippen molar-refractivity contribution in [2.24, 2.45) is 0 Å². The Morgan fingerprint density at radius 1 is 1.26 bits per heavy atom. The minimum absolute atomic E-state index is 0.211. The van der Waals surface area contributed by atoms with Crippen LogP contribution in [0.25, 0.3) is 0 Å². The number of alkyl halides is 3. The van der Waals surface area contributed by atoms with Gasteiger partial charge in [-0.2, -0.15) is 16.6 Å². The molecule has 0 aliphatic heterocycles. The molecular formula is C8H6F3IO6S. The van der Waals surface area contributed by atoms with Gasteiger partial charge < -0.3 is 9.66 Å². The maximum atomic E-state index is 10.7. The van der Waals surface area contributed by atoms with Crippen molar-refractivity contribution in [1.29, 1.82) is 0 Å². The molecule has 0 spiro atoms. The molecule has 11 heteroatoms. The molecule has 1 rings (SSSR count). The maximum absolute atomic E-state index is 10.7. The zero-order valence-corrected chi connectivity index (χ0v) is 11.7. The van der Waals surface area contributed by atoms with Crippen LogP contribution in [0.4, 0.5) is 13.2 Å². The summed E-state index contributed by atoms with van der Waals surface area (Å²) in [6.07, 6.45) is 0. The first kappa shape index (κ1) is 18.1. The Morgan fingerprint density at radius 3 is 1.95 bits per heavy atom. The summed E-state index contributed by atoms with van der Waals surface area (Å²) in [5.74, 6) is -0.977. The maximum Gasteiger partial charge on any atom is 0.520 e. The average Bonchev–Trinajstić information content (AvgIpc) is 2.27. The molecule has 6 nitrogen and oxygen atoms in total. The SMILES string of the molecule is O=C(O)c1ccccc1[I+]O.O=S(=O)([O-])C(F)(F)F. The predicted octanol–water partition coefficient (Wildman–Crippen LogP) is -2.40. The highest BCUT2D eigenvalue weighted by atomic mass is 127. The van der Waals surface area contributed by atoms with Gasteiger partial charge in [-0.15, -0.1) is 0 Å².